The molecule has 1 aromatic rings. The third-order valence-corrected chi connectivity index (χ3v) is 6.01. The first-order chi connectivity index (χ1) is 11.6. The van der Waals surface area contributed by atoms with E-state index in [0.29, 0.717) is 32.5 Å². The lowest BCUT2D eigenvalue weighted by molar-refractivity contribution is -0.141. The molecule has 1 atom stereocenters. The van der Waals surface area contributed by atoms with Gasteiger partial charge in [-0.1, -0.05) is 13.3 Å². The predicted molar refractivity (Wildman–Crippen MR) is 88.6 cm³/mol. The van der Waals surface area contributed by atoms with E-state index >= 15 is 0 Å². The van der Waals surface area contributed by atoms with Gasteiger partial charge in [-0.3, -0.25) is 0 Å². The molecule has 1 saturated heterocycles. The van der Waals surface area contributed by atoms with Crippen molar-refractivity contribution in [2.24, 2.45) is 5.92 Å². The fourth-order valence-electron chi connectivity index (χ4n) is 2.70. The molecule has 0 aliphatic carbocycles. The SMILES string of the molecule is CCCCS(=O)(=O)N1CCC(CNc2nc(C)cc(C(F)(F)F)n2)C1. The summed E-state index contributed by atoms with van der Waals surface area (Å²) in [6, 6.07) is 0.892. The Kier molecular flexibility index (Phi) is 6.26. The second-order valence-corrected chi connectivity index (χ2v) is 8.37. The van der Waals surface area contributed by atoms with Crippen molar-refractivity contribution in [1.82, 2.24) is 14.3 Å². The summed E-state index contributed by atoms with van der Waals surface area (Å²) < 4.78 is 64.1. The third kappa shape index (κ3) is 5.53. The lowest BCUT2D eigenvalue weighted by Crippen LogP contribution is -2.31. The zero-order valence-corrected chi connectivity index (χ0v) is 15.1. The smallest absolute Gasteiger partial charge is 0.354 e. The van der Waals surface area contributed by atoms with E-state index in [4.69, 9.17) is 0 Å². The number of sulfonamides is 1. The highest BCUT2D eigenvalue weighted by molar-refractivity contribution is 7.89. The molecule has 6 nitrogen and oxygen atoms in total. The molecule has 0 saturated carbocycles. The molecule has 0 spiro atoms. The van der Waals surface area contributed by atoms with E-state index in [1.54, 1.807) is 0 Å². The Hall–Kier alpha value is -1.42. The summed E-state index contributed by atoms with van der Waals surface area (Å²) in [5.41, 5.74) is -0.766. The zero-order chi connectivity index (χ0) is 18.7. The standard InChI is InChI=1S/C15H23F3N4O2S/c1-3-4-7-25(23,24)22-6-5-12(10-22)9-19-14-20-11(2)8-13(21-14)15(16,17)18/h8,12H,3-7,9-10H2,1-2H3,(H,19,20,21). The maximum atomic E-state index is 12.8. The lowest BCUT2D eigenvalue weighted by atomic mass is 10.1. The summed E-state index contributed by atoms with van der Waals surface area (Å²) in [6.07, 6.45) is -2.43. The van der Waals surface area contributed by atoms with E-state index in [9.17, 15) is 21.6 Å². The minimum absolute atomic E-state index is 0.0230. The molecule has 0 bridgehead atoms. The van der Waals surface area contributed by atoms with Crippen LogP contribution in [0.15, 0.2) is 6.07 Å². The molecule has 1 aliphatic rings. The fraction of sp³-hybridized carbons (Fsp3) is 0.733. The van der Waals surface area contributed by atoms with Gasteiger partial charge in [-0.2, -0.15) is 13.2 Å². The molecule has 1 fully saturated rings. The maximum absolute atomic E-state index is 12.8. The van der Waals surface area contributed by atoms with Gasteiger partial charge in [0, 0.05) is 25.3 Å². The van der Waals surface area contributed by atoms with Crippen LogP contribution in [0, 0.1) is 12.8 Å². The van der Waals surface area contributed by atoms with Crippen LogP contribution in [0.2, 0.25) is 0 Å². The van der Waals surface area contributed by atoms with Crippen molar-refractivity contribution in [1.29, 1.82) is 0 Å². The van der Waals surface area contributed by atoms with Crippen LogP contribution >= 0.6 is 0 Å². The normalized spacial score (nSPS) is 19.3. The molecule has 25 heavy (non-hydrogen) atoms. The Labute approximate surface area is 145 Å². The van der Waals surface area contributed by atoms with Gasteiger partial charge in [0.2, 0.25) is 16.0 Å². The van der Waals surface area contributed by atoms with Crippen molar-refractivity contribution in [2.75, 3.05) is 30.7 Å². The molecule has 1 aromatic heterocycles. The Balaban J connectivity index is 1.94. The van der Waals surface area contributed by atoms with E-state index in [1.165, 1.54) is 11.2 Å². The van der Waals surface area contributed by atoms with Crippen molar-refractivity contribution in [3.63, 3.8) is 0 Å². The quantitative estimate of drug-likeness (QED) is 0.787. The molecule has 142 valence electrons. The summed E-state index contributed by atoms with van der Waals surface area (Å²) in [6.45, 7) is 4.56. The van der Waals surface area contributed by atoms with Gasteiger partial charge in [-0.15, -0.1) is 0 Å². The molecular formula is C15H23F3N4O2S. The summed E-state index contributed by atoms with van der Waals surface area (Å²) in [4.78, 5) is 7.46. The number of anilines is 1. The molecule has 0 aromatic carbocycles. The first-order valence-corrected chi connectivity index (χ1v) is 9.87. The van der Waals surface area contributed by atoms with Crippen LogP contribution in [0.3, 0.4) is 0 Å². The Morgan fingerprint density at radius 1 is 1.36 bits per heavy atom. The summed E-state index contributed by atoms with van der Waals surface area (Å²) in [7, 11) is -3.25. The monoisotopic (exact) mass is 380 g/mol. The number of alkyl halides is 3. The minimum Gasteiger partial charge on any atom is -0.354 e. The van der Waals surface area contributed by atoms with Gasteiger partial charge < -0.3 is 5.32 Å². The van der Waals surface area contributed by atoms with Gasteiger partial charge in [0.1, 0.15) is 5.69 Å². The van der Waals surface area contributed by atoms with Gasteiger partial charge in [-0.05, 0) is 31.7 Å². The molecule has 1 unspecified atom stereocenters. The van der Waals surface area contributed by atoms with Crippen LogP contribution < -0.4 is 5.32 Å². The largest absolute Gasteiger partial charge is 0.433 e. The average Bonchev–Trinajstić information content (AvgIpc) is 2.99. The molecule has 10 heteroatoms. The number of rotatable bonds is 7. The van der Waals surface area contributed by atoms with Gasteiger partial charge in [0.25, 0.3) is 0 Å². The van der Waals surface area contributed by atoms with Crippen LogP contribution in [0.1, 0.15) is 37.6 Å². The first-order valence-electron chi connectivity index (χ1n) is 8.26. The van der Waals surface area contributed by atoms with E-state index in [-0.39, 0.29) is 23.3 Å². The molecule has 2 heterocycles. The average molecular weight is 380 g/mol. The van der Waals surface area contributed by atoms with Gasteiger partial charge in [0.15, 0.2) is 0 Å². The van der Waals surface area contributed by atoms with E-state index in [0.717, 1.165) is 12.5 Å². The number of hydrogen-bond acceptors (Lipinski definition) is 5. The summed E-state index contributed by atoms with van der Waals surface area (Å²) >= 11 is 0. The number of nitrogens with zero attached hydrogens (tertiary/aromatic N) is 3. The Bertz CT molecular complexity index is 695. The zero-order valence-electron chi connectivity index (χ0n) is 14.3. The van der Waals surface area contributed by atoms with Crippen LogP contribution in [-0.2, 0) is 16.2 Å². The van der Waals surface area contributed by atoms with Crippen LogP contribution in [0.5, 0.6) is 0 Å². The highest BCUT2D eigenvalue weighted by Gasteiger charge is 2.34. The van der Waals surface area contributed by atoms with Crippen molar-refractivity contribution in [3.05, 3.63) is 17.5 Å². The topological polar surface area (TPSA) is 75.2 Å². The van der Waals surface area contributed by atoms with Crippen molar-refractivity contribution in [2.45, 2.75) is 39.3 Å². The number of aromatic nitrogens is 2. The Morgan fingerprint density at radius 3 is 2.72 bits per heavy atom. The summed E-state index contributed by atoms with van der Waals surface area (Å²) in [5.74, 6) is 0.0778. The first kappa shape index (κ1) is 19.9. The second-order valence-electron chi connectivity index (χ2n) is 6.28. The molecular weight excluding hydrogens is 357 g/mol. The van der Waals surface area contributed by atoms with Gasteiger partial charge in [-0.25, -0.2) is 22.7 Å². The fourth-order valence-corrected chi connectivity index (χ4v) is 4.43. The second kappa shape index (κ2) is 7.86. The van der Waals surface area contributed by atoms with Crippen molar-refractivity contribution >= 4 is 16.0 Å². The molecule has 2 rings (SSSR count). The number of halogens is 3. The van der Waals surface area contributed by atoms with Crippen LogP contribution in [-0.4, -0.2) is 48.1 Å². The molecule has 1 N–H and O–H groups in total. The number of hydrogen-bond donors (Lipinski definition) is 1. The van der Waals surface area contributed by atoms with Crippen LogP contribution in [0.25, 0.3) is 0 Å². The van der Waals surface area contributed by atoms with Crippen molar-refractivity contribution in [3.8, 4) is 0 Å². The van der Waals surface area contributed by atoms with Crippen molar-refractivity contribution < 1.29 is 21.6 Å². The highest BCUT2D eigenvalue weighted by Crippen LogP contribution is 2.28. The van der Waals surface area contributed by atoms with E-state index < -0.39 is 21.9 Å². The number of unbranched alkanes of at least 4 members (excludes halogenated alkanes) is 1. The third-order valence-electron chi connectivity index (χ3n) is 4.09. The van der Waals surface area contributed by atoms with E-state index in [1.807, 2.05) is 6.92 Å². The minimum atomic E-state index is -4.53. The summed E-state index contributed by atoms with van der Waals surface area (Å²) in [5, 5.41) is 2.81. The van der Waals surface area contributed by atoms with Crippen LogP contribution in [0.4, 0.5) is 19.1 Å². The predicted octanol–water partition coefficient (Wildman–Crippen LogP) is 2.67. The van der Waals surface area contributed by atoms with Gasteiger partial charge >= 0.3 is 6.18 Å². The molecule has 1 aliphatic heterocycles. The lowest BCUT2D eigenvalue weighted by Gasteiger charge is -2.17. The highest BCUT2D eigenvalue weighted by atomic mass is 32.2. The Morgan fingerprint density at radius 2 is 2.08 bits per heavy atom. The van der Waals surface area contributed by atoms with E-state index in [2.05, 4.69) is 15.3 Å². The molecule has 0 amide bonds. The number of aryl methyl sites for hydroxylation is 1. The maximum Gasteiger partial charge on any atom is 0.433 e. The molecule has 0 radical (unpaired) electrons. The van der Waals surface area contributed by atoms with Gasteiger partial charge in [0.05, 0.1) is 5.75 Å². The number of nitrogens with one attached hydrogen (secondary N) is 1.